The smallest absolute Gasteiger partial charge is 0.138 e. The molecule has 84 valence electrons. The van der Waals surface area contributed by atoms with Crippen molar-refractivity contribution in [1.29, 1.82) is 0 Å². The van der Waals surface area contributed by atoms with E-state index in [0.29, 0.717) is 6.04 Å². The number of nitrogens with zero attached hydrogens (tertiary/aromatic N) is 1. The van der Waals surface area contributed by atoms with Crippen molar-refractivity contribution in [3.63, 3.8) is 0 Å². The minimum absolute atomic E-state index is 0.539. The lowest BCUT2D eigenvalue weighted by Gasteiger charge is -2.08. The Kier molecular flexibility index (Phi) is 5.65. The Morgan fingerprint density at radius 3 is 2.93 bits per heavy atom. The van der Waals surface area contributed by atoms with Gasteiger partial charge in [-0.25, -0.2) is 0 Å². The maximum absolute atomic E-state index is 5.54. The fourth-order valence-electron chi connectivity index (χ4n) is 1.12. The first-order chi connectivity index (χ1) is 7.18. The Labute approximate surface area is 99.4 Å². The van der Waals surface area contributed by atoms with Crippen molar-refractivity contribution in [3.05, 3.63) is 22.9 Å². The summed E-state index contributed by atoms with van der Waals surface area (Å²) in [5, 5.41) is 3.34. The van der Waals surface area contributed by atoms with Crippen molar-refractivity contribution >= 4 is 15.9 Å². The summed E-state index contributed by atoms with van der Waals surface area (Å²) in [5.41, 5.74) is 0. The predicted molar refractivity (Wildman–Crippen MR) is 65.2 cm³/mol. The zero-order chi connectivity index (χ0) is 11.1. The molecule has 0 aliphatic rings. The van der Waals surface area contributed by atoms with Gasteiger partial charge in [-0.05, 0) is 35.0 Å². The molecule has 0 amide bonds. The molecule has 0 aliphatic carbocycles. The summed E-state index contributed by atoms with van der Waals surface area (Å²) in [4.78, 5) is 4.02. The van der Waals surface area contributed by atoms with Crippen LogP contribution in [0.4, 0.5) is 0 Å². The summed E-state index contributed by atoms with van der Waals surface area (Å²) in [5.74, 6) is 0.814. The fraction of sp³-hybridized carbons (Fsp3) is 0.545. The summed E-state index contributed by atoms with van der Waals surface area (Å²) in [6.45, 7) is 5.98. The van der Waals surface area contributed by atoms with Crippen molar-refractivity contribution in [2.75, 3.05) is 13.2 Å². The van der Waals surface area contributed by atoms with Crippen LogP contribution in [0.15, 0.2) is 22.9 Å². The van der Waals surface area contributed by atoms with Crippen LogP contribution in [0.2, 0.25) is 0 Å². The Bertz CT molecular complexity index is 292. The molecule has 0 saturated heterocycles. The van der Waals surface area contributed by atoms with Gasteiger partial charge in [0.2, 0.25) is 0 Å². The molecule has 0 aliphatic heterocycles. The number of rotatable bonds is 6. The third-order valence-corrected chi connectivity index (χ3v) is 2.26. The van der Waals surface area contributed by atoms with E-state index >= 15 is 0 Å². The highest BCUT2D eigenvalue weighted by Gasteiger charge is 1.96. The number of hydrogen-bond acceptors (Lipinski definition) is 3. The molecule has 0 fully saturated rings. The fourth-order valence-corrected chi connectivity index (χ4v) is 1.47. The summed E-state index contributed by atoms with van der Waals surface area (Å²) >= 11 is 3.35. The van der Waals surface area contributed by atoms with Crippen molar-refractivity contribution in [2.24, 2.45) is 0 Å². The van der Waals surface area contributed by atoms with Crippen LogP contribution in [0.5, 0.6) is 5.75 Å². The second kappa shape index (κ2) is 6.80. The van der Waals surface area contributed by atoms with E-state index in [0.717, 1.165) is 29.8 Å². The van der Waals surface area contributed by atoms with Crippen LogP contribution < -0.4 is 10.1 Å². The highest BCUT2D eigenvalue weighted by molar-refractivity contribution is 9.10. The molecule has 1 aromatic rings. The molecular formula is C11H17BrN2O. The standard InChI is InChI=1S/C11H17BrN2O/c1-9(2)14-4-3-5-15-11-6-10(12)7-13-8-11/h6-9,14H,3-5H2,1-2H3. The molecule has 0 radical (unpaired) electrons. The summed E-state index contributed by atoms with van der Waals surface area (Å²) in [7, 11) is 0. The van der Waals surface area contributed by atoms with E-state index in [-0.39, 0.29) is 0 Å². The maximum atomic E-state index is 5.54. The lowest BCUT2D eigenvalue weighted by atomic mass is 10.3. The van der Waals surface area contributed by atoms with Gasteiger partial charge in [0.05, 0.1) is 12.8 Å². The summed E-state index contributed by atoms with van der Waals surface area (Å²) in [6, 6.07) is 2.46. The van der Waals surface area contributed by atoms with E-state index in [2.05, 4.69) is 40.1 Å². The van der Waals surface area contributed by atoms with Crippen molar-refractivity contribution in [3.8, 4) is 5.75 Å². The minimum Gasteiger partial charge on any atom is -0.492 e. The van der Waals surface area contributed by atoms with Gasteiger partial charge in [-0.3, -0.25) is 4.98 Å². The van der Waals surface area contributed by atoms with Gasteiger partial charge in [0, 0.05) is 16.7 Å². The van der Waals surface area contributed by atoms with Crippen LogP contribution in [0.25, 0.3) is 0 Å². The zero-order valence-corrected chi connectivity index (χ0v) is 10.8. The minimum atomic E-state index is 0.539. The zero-order valence-electron chi connectivity index (χ0n) is 9.16. The van der Waals surface area contributed by atoms with Gasteiger partial charge in [-0.15, -0.1) is 0 Å². The normalized spacial score (nSPS) is 10.7. The van der Waals surface area contributed by atoms with Crippen LogP contribution in [0.1, 0.15) is 20.3 Å². The SMILES string of the molecule is CC(C)NCCCOc1cncc(Br)c1. The van der Waals surface area contributed by atoms with E-state index in [1.54, 1.807) is 12.4 Å². The molecule has 0 bridgehead atoms. The van der Waals surface area contributed by atoms with Gasteiger partial charge in [0.25, 0.3) is 0 Å². The highest BCUT2D eigenvalue weighted by atomic mass is 79.9. The first-order valence-corrected chi connectivity index (χ1v) is 5.94. The molecule has 1 aromatic heterocycles. The number of aromatic nitrogens is 1. The van der Waals surface area contributed by atoms with E-state index in [9.17, 15) is 0 Å². The Morgan fingerprint density at radius 1 is 1.47 bits per heavy atom. The molecule has 1 heterocycles. The van der Waals surface area contributed by atoms with Gasteiger partial charge in [-0.2, -0.15) is 0 Å². The second-order valence-corrected chi connectivity index (χ2v) is 4.57. The molecule has 1 N–H and O–H groups in total. The van der Waals surface area contributed by atoms with Gasteiger partial charge in [0.15, 0.2) is 0 Å². The molecule has 0 aromatic carbocycles. The number of pyridine rings is 1. The molecule has 3 nitrogen and oxygen atoms in total. The predicted octanol–water partition coefficient (Wildman–Crippen LogP) is 2.61. The number of hydrogen-bond donors (Lipinski definition) is 1. The molecule has 0 saturated carbocycles. The Balaban J connectivity index is 2.15. The Morgan fingerprint density at radius 2 is 2.27 bits per heavy atom. The highest BCUT2D eigenvalue weighted by Crippen LogP contribution is 2.15. The van der Waals surface area contributed by atoms with E-state index < -0.39 is 0 Å². The summed E-state index contributed by atoms with van der Waals surface area (Å²) < 4.78 is 6.48. The Hall–Kier alpha value is -0.610. The van der Waals surface area contributed by atoms with Crippen molar-refractivity contribution in [2.45, 2.75) is 26.3 Å². The van der Waals surface area contributed by atoms with E-state index in [1.807, 2.05) is 6.07 Å². The molecule has 0 spiro atoms. The summed E-state index contributed by atoms with van der Waals surface area (Å²) in [6.07, 6.45) is 4.47. The van der Waals surface area contributed by atoms with Crippen molar-refractivity contribution in [1.82, 2.24) is 10.3 Å². The van der Waals surface area contributed by atoms with Gasteiger partial charge in [0.1, 0.15) is 5.75 Å². The average Bonchev–Trinajstić information content (AvgIpc) is 2.17. The van der Waals surface area contributed by atoms with E-state index in [1.165, 1.54) is 0 Å². The lowest BCUT2D eigenvalue weighted by molar-refractivity contribution is 0.305. The van der Waals surface area contributed by atoms with Gasteiger partial charge >= 0.3 is 0 Å². The van der Waals surface area contributed by atoms with E-state index in [4.69, 9.17) is 4.74 Å². The molecule has 0 unspecified atom stereocenters. The lowest BCUT2D eigenvalue weighted by Crippen LogP contribution is -2.24. The number of halogens is 1. The van der Waals surface area contributed by atoms with Gasteiger partial charge in [-0.1, -0.05) is 13.8 Å². The monoisotopic (exact) mass is 272 g/mol. The first kappa shape index (κ1) is 12.5. The van der Waals surface area contributed by atoms with Crippen LogP contribution >= 0.6 is 15.9 Å². The van der Waals surface area contributed by atoms with Crippen LogP contribution in [0, 0.1) is 0 Å². The van der Waals surface area contributed by atoms with Gasteiger partial charge < -0.3 is 10.1 Å². The molecule has 15 heavy (non-hydrogen) atoms. The largest absolute Gasteiger partial charge is 0.492 e. The van der Waals surface area contributed by atoms with Crippen molar-refractivity contribution < 1.29 is 4.74 Å². The van der Waals surface area contributed by atoms with Crippen LogP contribution in [-0.2, 0) is 0 Å². The molecule has 4 heteroatoms. The topological polar surface area (TPSA) is 34.1 Å². The first-order valence-electron chi connectivity index (χ1n) is 5.15. The molecular weight excluding hydrogens is 256 g/mol. The quantitative estimate of drug-likeness (QED) is 0.809. The second-order valence-electron chi connectivity index (χ2n) is 3.65. The molecule has 1 rings (SSSR count). The van der Waals surface area contributed by atoms with Crippen LogP contribution in [-0.4, -0.2) is 24.2 Å². The third-order valence-electron chi connectivity index (χ3n) is 1.82. The molecule has 0 atom stereocenters. The maximum Gasteiger partial charge on any atom is 0.138 e. The number of nitrogens with one attached hydrogen (secondary N) is 1. The third kappa shape index (κ3) is 5.74. The average molecular weight is 273 g/mol. The van der Waals surface area contributed by atoms with Crippen LogP contribution in [0.3, 0.4) is 0 Å². The number of ether oxygens (including phenoxy) is 1.